The lowest BCUT2D eigenvalue weighted by atomic mass is 10.2. The third kappa shape index (κ3) is 4.24. The van der Waals surface area contributed by atoms with Gasteiger partial charge in [-0.15, -0.1) is 0 Å². The topological polar surface area (TPSA) is 47.6 Å². The molecule has 0 radical (unpaired) electrons. The van der Waals surface area contributed by atoms with Crippen molar-refractivity contribution in [2.45, 2.75) is 13.3 Å². The first-order valence-corrected chi connectivity index (χ1v) is 7.81. The van der Waals surface area contributed by atoms with Crippen molar-refractivity contribution < 1.29 is 14.3 Å². The minimum Gasteiger partial charge on any atom is -0.496 e. The highest BCUT2D eigenvalue weighted by molar-refractivity contribution is 9.10. The normalized spacial score (nSPS) is 10.1. The van der Waals surface area contributed by atoms with Crippen LogP contribution in [-0.2, 0) is 0 Å². The second-order valence-corrected chi connectivity index (χ2v) is 5.53. The molecule has 0 unspecified atom stereocenters. The zero-order valence-electron chi connectivity index (χ0n) is 12.6. The van der Waals surface area contributed by atoms with E-state index in [1.165, 1.54) is 0 Å². The monoisotopic (exact) mass is 363 g/mol. The molecule has 0 fully saturated rings. The zero-order chi connectivity index (χ0) is 15.9. The predicted octanol–water partition coefficient (Wildman–Crippen LogP) is 4.50. The lowest BCUT2D eigenvalue weighted by Crippen LogP contribution is -2.11. The Labute approximate surface area is 138 Å². The van der Waals surface area contributed by atoms with Gasteiger partial charge in [0.15, 0.2) is 0 Å². The summed E-state index contributed by atoms with van der Waals surface area (Å²) >= 11 is 3.39. The Kier molecular flexibility index (Phi) is 5.83. The Balaban J connectivity index is 2.04. The van der Waals surface area contributed by atoms with Crippen molar-refractivity contribution in [3.05, 3.63) is 52.5 Å². The van der Waals surface area contributed by atoms with Crippen LogP contribution in [0.5, 0.6) is 11.5 Å². The molecule has 0 aromatic heterocycles. The molecule has 0 aliphatic rings. The minimum atomic E-state index is -0.167. The van der Waals surface area contributed by atoms with Gasteiger partial charge < -0.3 is 14.8 Å². The van der Waals surface area contributed by atoms with Crippen LogP contribution in [0.25, 0.3) is 0 Å². The highest BCUT2D eigenvalue weighted by Crippen LogP contribution is 2.28. The molecule has 5 heteroatoms. The van der Waals surface area contributed by atoms with Crippen LogP contribution in [0.2, 0.25) is 0 Å². The molecule has 116 valence electrons. The fraction of sp³-hybridized carbons (Fsp3) is 0.235. The molecule has 0 atom stereocenters. The number of ether oxygens (including phenoxy) is 2. The van der Waals surface area contributed by atoms with Crippen LogP contribution in [0.15, 0.2) is 46.9 Å². The Morgan fingerprint density at radius 2 is 1.91 bits per heavy atom. The fourth-order valence-corrected chi connectivity index (χ4v) is 2.41. The zero-order valence-corrected chi connectivity index (χ0v) is 14.1. The summed E-state index contributed by atoms with van der Waals surface area (Å²) in [6.45, 7) is 2.72. The van der Waals surface area contributed by atoms with E-state index >= 15 is 0 Å². The number of carbonyl (C=O) groups is 1. The van der Waals surface area contributed by atoms with E-state index in [0.717, 1.165) is 22.4 Å². The average Bonchev–Trinajstić information content (AvgIpc) is 2.53. The van der Waals surface area contributed by atoms with Crippen molar-refractivity contribution in [1.29, 1.82) is 0 Å². The Morgan fingerprint density at radius 1 is 1.18 bits per heavy atom. The summed E-state index contributed by atoms with van der Waals surface area (Å²) in [4.78, 5) is 12.2. The number of benzene rings is 2. The molecular weight excluding hydrogens is 346 g/mol. The van der Waals surface area contributed by atoms with Crippen LogP contribution in [0.1, 0.15) is 23.7 Å². The molecular formula is C17H18BrNO3. The molecule has 0 heterocycles. The third-order valence-electron chi connectivity index (χ3n) is 3.00. The van der Waals surface area contributed by atoms with Crippen LogP contribution in [0.4, 0.5) is 5.69 Å². The van der Waals surface area contributed by atoms with E-state index in [0.29, 0.717) is 17.9 Å². The summed E-state index contributed by atoms with van der Waals surface area (Å²) in [5.74, 6) is 1.32. The summed E-state index contributed by atoms with van der Waals surface area (Å²) in [5.41, 5.74) is 1.28. The largest absolute Gasteiger partial charge is 0.496 e. The molecule has 0 aliphatic carbocycles. The van der Waals surface area contributed by atoms with E-state index in [-0.39, 0.29) is 5.91 Å². The van der Waals surface area contributed by atoms with Crippen LogP contribution in [-0.4, -0.2) is 19.6 Å². The van der Waals surface area contributed by atoms with E-state index < -0.39 is 0 Å². The lowest BCUT2D eigenvalue weighted by Gasteiger charge is -2.09. The lowest BCUT2D eigenvalue weighted by molar-refractivity contribution is 0.102. The maximum Gasteiger partial charge on any atom is 0.255 e. The highest BCUT2D eigenvalue weighted by Gasteiger charge is 2.08. The average molecular weight is 364 g/mol. The summed E-state index contributed by atoms with van der Waals surface area (Å²) < 4.78 is 11.4. The summed E-state index contributed by atoms with van der Waals surface area (Å²) in [6, 6.07) is 12.5. The molecule has 22 heavy (non-hydrogen) atoms. The number of carbonyl (C=O) groups excluding carboxylic acids is 1. The van der Waals surface area contributed by atoms with Gasteiger partial charge in [0.2, 0.25) is 0 Å². The number of hydrogen-bond donors (Lipinski definition) is 1. The molecule has 0 spiro atoms. The maximum absolute atomic E-state index is 12.2. The number of rotatable bonds is 6. The van der Waals surface area contributed by atoms with E-state index in [1.807, 2.05) is 0 Å². The van der Waals surface area contributed by atoms with Gasteiger partial charge in [0.05, 0.1) is 18.2 Å². The molecule has 1 N–H and O–H groups in total. The van der Waals surface area contributed by atoms with Gasteiger partial charge in [-0.1, -0.05) is 6.92 Å². The van der Waals surface area contributed by atoms with E-state index in [9.17, 15) is 4.79 Å². The molecule has 1 amide bonds. The molecule has 2 aromatic rings. The number of methoxy groups -OCH3 is 1. The van der Waals surface area contributed by atoms with Crippen molar-refractivity contribution in [3.8, 4) is 11.5 Å². The molecule has 0 saturated carbocycles. The fourth-order valence-electron chi connectivity index (χ4n) is 1.87. The number of anilines is 1. The number of amides is 1. The number of nitrogens with one attached hydrogen (secondary N) is 1. The molecule has 0 aliphatic heterocycles. The van der Waals surface area contributed by atoms with Crippen molar-refractivity contribution in [2.75, 3.05) is 19.0 Å². The van der Waals surface area contributed by atoms with Crippen LogP contribution in [0, 0.1) is 0 Å². The standard InChI is InChI=1S/C17H18BrNO3/c1-3-10-22-14-7-4-12(5-8-14)17(20)19-13-6-9-16(21-2)15(18)11-13/h4-9,11H,3,10H2,1-2H3,(H,19,20). The Hall–Kier alpha value is -2.01. The van der Waals surface area contributed by atoms with Gasteiger partial charge in [-0.3, -0.25) is 4.79 Å². The molecule has 4 nitrogen and oxygen atoms in total. The molecule has 0 saturated heterocycles. The van der Waals surface area contributed by atoms with E-state index in [2.05, 4.69) is 28.2 Å². The van der Waals surface area contributed by atoms with Gasteiger partial charge in [0, 0.05) is 11.3 Å². The van der Waals surface area contributed by atoms with Gasteiger partial charge in [0.25, 0.3) is 5.91 Å². The first kappa shape index (κ1) is 16.4. The molecule has 2 rings (SSSR count). The molecule has 2 aromatic carbocycles. The SMILES string of the molecule is CCCOc1ccc(C(=O)Nc2ccc(OC)c(Br)c2)cc1. The van der Waals surface area contributed by atoms with Gasteiger partial charge in [0.1, 0.15) is 11.5 Å². The Bertz CT molecular complexity index is 641. The summed E-state index contributed by atoms with van der Waals surface area (Å²) in [6.07, 6.45) is 0.953. The van der Waals surface area contributed by atoms with E-state index in [4.69, 9.17) is 9.47 Å². The second-order valence-electron chi connectivity index (χ2n) is 4.68. The Morgan fingerprint density at radius 3 is 2.50 bits per heavy atom. The third-order valence-corrected chi connectivity index (χ3v) is 3.62. The molecule has 0 bridgehead atoms. The van der Waals surface area contributed by atoms with Crippen LogP contribution in [0.3, 0.4) is 0 Å². The van der Waals surface area contributed by atoms with Gasteiger partial charge in [-0.25, -0.2) is 0 Å². The summed E-state index contributed by atoms with van der Waals surface area (Å²) in [5, 5.41) is 2.85. The second kappa shape index (κ2) is 7.84. The van der Waals surface area contributed by atoms with E-state index in [1.54, 1.807) is 49.6 Å². The van der Waals surface area contributed by atoms with Gasteiger partial charge >= 0.3 is 0 Å². The quantitative estimate of drug-likeness (QED) is 0.821. The highest BCUT2D eigenvalue weighted by atomic mass is 79.9. The maximum atomic E-state index is 12.2. The number of hydrogen-bond acceptors (Lipinski definition) is 3. The first-order valence-electron chi connectivity index (χ1n) is 7.01. The van der Waals surface area contributed by atoms with Crippen molar-refractivity contribution in [3.63, 3.8) is 0 Å². The summed E-state index contributed by atoms with van der Waals surface area (Å²) in [7, 11) is 1.60. The van der Waals surface area contributed by atoms with Crippen LogP contribution >= 0.6 is 15.9 Å². The van der Waals surface area contributed by atoms with Crippen molar-refractivity contribution >= 4 is 27.5 Å². The number of halogens is 1. The minimum absolute atomic E-state index is 0.167. The smallest absolute Gasteiger partial charge is 0.255 e. The van der Waals surface area contributed by atoms with Crippen LogP contribution < -0.4 is 14.8 Å². The van der Waals surface area contributed by atoms with Crippen molar-refractivity contribution in [1.82, 2.24) is 0 Å². The van der Waals surface area contributed by atoms with Crippen molar-refractivity contribution in [2.24, 2.45) is 0 Å². The van der Waals surface area contributed by atoms with Gasteiger partial charge in [-0.2, -0.15) is 0 Å². The predicted molar refractivity (Wildman–Crippen MR) is 90.9 cm³/mol. The van der Waals surface area contributed by atoms with Gasteiger partial charge in [-0.05, 0) is 64.8 Å². The first-order chi connectivity index (χ1) is 10.6.